The van der Waals surface area contributed by atoms with Gasteiger partial charge in [-0.05, 0) is 42.8 Å². The summed E-state index contributed by atoms with van der Waals surface area (Å²) in [5.74, 6) is -1.11. The molecule has 2 aliphatic rings. The molecule has 0 bridgehead atoms. The van der Waals surface area contributed by atoms with Crippen LogP contribution in [-0.2, 0) is 9.59 Å². The van der Waals surface area contributed by atoms with Crippen LogP contribution < -0.4 is 9.47 Å². The van der Waals surface area contributed by atoms with E-state index in [4.69, 9.17) is 9.47 Å². The predicted molar refractivity (Wildman–Crippen MR) is 131 cm³/mol. The molecule has 0 unspecified atom stereocenters. The van der Waals surface area contributed by atoms with Gasteiger partial charge in [0.05, 0.1) is 27.9 Å². The molecular formula is C23H20N4O9S. The Balaban J connectivity index is 1.65. The molecule has 13 nitrogen and oxygen atoms in total. The lowest BCUT2D eigenvalue weighted by Gasteiger charge is -2.18. The fourth-order valence-corrected chi connectivity index (χ4v) is 4.68. The number of likely N-dealkylation sites (tertiary alicyclic amines) is 1. The highest BCUT2D eigenvalue weighted by Crippen LogP contribution is 2.42. The van der Waals surface area contributed by atoms with Gasteiger partial charge in [-0.15, -0.1) is 0 Å². The summed E-state index contributed by atoms with van der Waals surface area (Å²) in [7, 11) is 1.34. The maximum atomic E-state index is 13.0. The van der Waals surface area contributed by atoms with E-state index in [0.29, 0.717) is 24.9 Å². The number of nitro groups is 2. The van der Waals surface area contributed by atoms with Crippen molar-refractivity contribution in [3.05, 3.63) is 67.1 Å². The average Bonchev–Trinajstić information content (AvgIpc) is 3.50. The summed E-state index contributed by atoms with van der Waals surface area (Å²) in [6.07, 6.45) is 3.11. The first-order valence-electron chi connectivity index (χ1n) is 11.0. The number of carbonyl (C=O) groups excluding carboxylic acids is 3. The number of para-hydroxylation sites is 1. The number of non-ortho nitro benzene ring substituents is 1. The molecule has 0 aromatic heterocycles. The van der Waals surface area contributed by atoms with Gasteiger partial charge in [0.1, 0.15) is 6.54 Å². The van der Waals surface area contributed by atoms with Crippen LogP contribution in [-0.4, -0.2) is 63.4 Å². The Morgan fingerprint density at radius 1 is 1.08 bits per heavy atom. The number of methoxy groups -OCH3 is 1. The molecule has 2 aromatic rings. The van der Waals surface area contributed by atoms with Gasteiger partial charge in [-0.25, -0.2) is 0 Å². The van der Waals surface area contributed by atoms with Crippen LogP contribution in [0.3, 0.4) is 0 Å². The lowest BCUT2D eigenvalue weighted by Crippen LogP contribution is -2.40. The van der Waals surface area contributed by atoms with Crippen molar-refractivity contribution < 1.29 is 33.7 Å². The molecule has 192 valence electrons. The highest BCUT2D eigenvalue weighted by molar-refractivity contribution is 8.18. The number of amides is 3. The second-order valence-electron chi connectivity index (χ2n) is 8.00. The highest BCUT2D eigenvalue weighted by Gasteiger charge is 2.37. The van der Waals surface area contributed by atoms with E-state index in [2.05, 4.69) is 0 Å². The van der Waals surface area contributed by atoms with Crippen molar-refractivity contribution in [2.24, 2.45) is 0 Å². The normalized spacial score (nSPS) is 16.4. The SMILES string of the molecule is COc1cccc(/C=C2\SC(=O)N(CC(=O)N3CCCC3)C2=O)c1Oc1ccc([N+](=O)[O-])cc1[N+](=O)[O-]. The smallest absolute Gasteiger partial charge is 0.318 e. The quantitative estimate of drug-likeness (QED) is 0.278. The third-order valence-corrected chi connectivity index (χ3v) is 6.61. The Morgan fingerprint density at radius 2 is 1.81 bits per heavy atom. The van der Waals surface area contributed by atoms with Crippen LogP contribution in [0, 0.1) is 20.2 Å². The van der Waals surface area contributed by atoms with Gasteiger partial charge in [0, 0.05) is 24.7 Å². The van der Waals surface area contributed by atoms with Crippen LogP contribution in [0.25, 0.3) is 6.08 Å². The van der Waals surface area contributed by atoms with Gasteiger partial charge in [-0.3, -0.25) is 39.5 Å². The molecule has 0 atom stereocenters. The van der Waals surface area contributed by atoms with Crippen LogP contribution in [0.2, 0.25) is 0 Å². The second kappa shape index (κ2) is 10.7. The summed E-state index contributed by atoms with van der Waals surface area (Å²) in [6, 6.07) is 7.56. The Kier molecular flexibility index (Phi) is 7.38. The molecule has 3 amide bonds. The Hall–Kier alpha value is -4.46. The van der Waals surface area contributed by atoms with E-state index < -0.39 is 32.4 Å². The number of imide groups is 1. The largest absolute Gasteiger partial charge is 0.493 e. The molecule has 37 heavy (non-hydrogen) atoms. The molecule has 2 aliphatic heterocycles. The number of nitrogens with zero attached hydrogens (tertiary/aromatic N) is 4. The molecule has 0 spiro atoms. The van der Waals surface area contributed by atoms with Crippen molar-refractivity contribution in [3.8, 4) is 17.2 Å². The zero-order chi connectivity index (χ0) is 26.7. The third-order valence-electron chi connectivity index (χ3n) is 5.70. The van der Waals surface area contributed by atoms with Gasteiger partial charge in [0.2, 0.25) is 11.7 Å². The first kappa shape index (κ1) is 25.6. The fraction of sp³-hybridized carbons (Fsp3) is 0.261. The molecule has 0 aliphatic carbocycles. The van der Waals surface area contributed by atoms with E-state index in [0.717, 1.165) is 35.9 Å². The number of ether oxygens (including phenoxy) is 2. The Bertz CT molecular complexity index is 1340. The number of nitro benzene ring substituents is 2. The van der Waals surface area contributed by atoms with Crippen molar-refractivity contribution in [1.29, 1.82) is 0 Å². The van der Waals surface area contributed by atoms with Gasteiger partial charge in [-0.1, -0.05) is 12.1 Å². The van der Waals surface area contributed by atoms with E-state index in [9.17, 15) is 34.6 Å². The third kappa shape index (κ3) is 5.38. The maximum Gasteiger partial charge on any atom is 0.318 e. The van der Waals surface area contributed by atoms with Crippen LogP contribution in [0.5, 0.6) is 17.2 Å². The fourth-order valence-electron chi connectivity index (χ4n) is 3.85. The van der Waals surface area contributed by atoms with Gasteiger partial charge in [0.15, 0.2) is 11.5 Å². The summed E-state index contributed by atoms with van der Waals surface area (Å²) >= 11 is 0.651. The zero-order valence-corrected chi connectivity index (χ0v) is 20.3. The van der Waals surface area contributed by atoms with E-state index in [1.807, 2.05) is 0 Å². The molecular weight excluding hydrogens is 508 g/mol. The molecule has 2 aromatic carbocycles. The van der Waals surface area contributed by atoms with Crippen LogP contribution >= 0.6 is 11.8 Å². The standard InChI is InChI=1S/C23H20N4O9S/c1-35-18-6-4-5-14(21(18)36-17-8-7-15(26(31)32)12-16(17)27(33)34)11-19-22(29)25(23(30)37-19)13-20(28)24-9-2-3-10-24/h4-8,11-12H,2-3,9-10,13H2,1H3/b19-11-. The van der Waals surface area contributed by atoms with E-state index in [1.165, 1.54) is 19.3 Å². The van der Waals surface area contributed by atoms with Crippen molar-refractivity contribution >= 4 is 46.3 Å². The van der Waals surface area contributed by atoms with Crippen LogP contribution in [0.1, 0.15) is 18.4 Å². The summed E-state index contributed by atoms with van der Waals surface area (Å²) < 4.78 is 11.1. The lowest BCUT2D eigenvalue weighted by atomic mass is 10.1. The Morgan fingerprint density at radius 3 is 2.46 bits per heavy atom. The number of thioether (sulfide) groups is 1. The summed E-state index contributed by atoms with van der Waals surface area (Å²) in [6.45, 7) is 0.812. The molecule has 14 heteroatoms. The van der Waals surface area contributed by atoms with E-state index >= 15 is 0 Å². The van der Waals surface area contributed by atoms with Gasteiger partial charge < -0.3 is 14.4 Å². The first-order chi connectivity index (χ1) is 17.7. The summed E-state index contributed by atoms with van der Waals surface area (Å²) in [4.78, 5) is 61.4. The van der Waals surface area contributed by atoms with Gasteiger partial charge >= 0.3 is 5.69 Å². The number of hydrogen-bond donors (Lipinski definition) is 0. The highest BCUT2D eigenvalue weighted by atomic mass is 32.2. The molecule has 0 saturated carbocycles. The molecule has 0 N–H and O–H groups in total. The minimum Gasteiger partial charge on any atom is -0.493 e. The zero-order valence-electron chi connectivity index (χ0n) is 19.4. The van der Waals surface area contributed by atoms with Crippen molar-refractivity contribution in [2.75, 3.05) is 26.7 Å². The summed E-state index contributed by atoms with van der Waals surface area (Å²) in [5.41, 5.74) is -0.883. The van der Waals surface area contributed by atoms with Crippen molar-refractivity contribution in [2.45, 2.75) is 12.8 Å². The molecule has 2 heterocycles. The number of rotatable bonds is 8. The number of benzene rings is 2. The lowest BCUT2D eigenvalue weighted by molar-refractivity contribution is -0.394. The minimum absolute atomic E-state index is 0.0121. The second-order valence-corrected chi connectivity index (χ2v) is 9.00. The average molecular weight is 528 g/mol. The van der Waals surface area contributed by atoms with Crippen LogP contribution in [0.15, 0.2) is 41.3 Å². The van der Waals surface area contributed by atoms with Gasteiger partial charge in [-0.2, -0.15) is 0 Å². The maximum absolute atomic E-state index is 13.0. The Labute approximate surface area is 213 Å². The first-order valence-corrected chi connectivity index (χ1v) is 11.8. The molecule has 2 saturated heterocycles. The molecule has 0 radical (unpaired) electrons. The van der Waals surface area contributed by atoms with Crippen molar-refractivity contribution in [3.63, 3.8) is 0 Å². The number of hydrogen-bond acceptors (Lipinski definition) is 10. The van der Waals surface area contributed by atoms with E-state index in [1.54, 1.807) is 17.0 Å². The molecule has 2 fully saturated rings. The van der Waals surface area contributed by atoms with Crippen LogP contribution in [0.4, 0.5) is 16.2 Å². The summed E-state index contributed by atoms with van der Waals surface area (Å²) in [5, 5.41) is 22.0. The number of carbonyl (C=O) groups is 3. The topological polar surface area (TPSA) is 162 Å². The van der Waals surface area contributed by atoms with Crippen molar-refractivity contribution in [1.82, 2.24) is 9.80 Å². The minimum atomic E-state index is -0.819. The van der Waals surface area contributed by atoms with E-state index in [-0.39, 0.29) is 40.2 Å². The predicted octanol–water partition coefficient (Wildman–Crippen LogP) is 3.96. The monoisotopic (exact) mass is 528 g/mol. The molecule has 4 rings (SSSR count). The van der Waals surface area contributed by atoms with Gasteiger partial charge in [0.25, 0.3) is 16.8 Å².